The summed E-state index contributed by atoms with van der Waals surface area (Å²) < 4.78 is 4.65. The van der Waals surface area contributed by atoms with Gasteiger partial charge in [-0.15, -0.1) is 0 Å². The summed E-state index contributed by atoms with van der Waals surface area (Å²) in [5.74, 6) is -0.649. The van der Waals surface area contributed by atoms with Gasteiger partial charge >= 0.3 is 5.97 Å². The van der Waals surface area contributed by atoms with Crippen LogP contribution in [0.2, 0.25) is 0 Å². The third-order valence-corrected chi connectivity index (χ3v) is 3.12. The molecular weight excluding hydrogens is 256 g/mol. The zero-order valence-electron chi connectivity index (χ0n) is 12.6. The Morgan fingerprint density at radius 3 is 2.35 bits per heavy atom. The molecule has 0 aliphatic carbocycles. The summed E-state index contributed by atoms with van der Waals surface area (Å²) in [6.07, 6.45) is 0. The third-order valence-electron chi connectivity index (χ3n) is 3.12. The SMILES string of the molecule is COC(=O)c1ccc(NC(=O)C(N)C(C)(C)C)c(C)c1. The second-order valence-corrected chi connectivity index (χ2v) is 5.85. The lowest BCUT2D eigenvalue weighted by Crippen LogP contribution is -2.45. The minimum Gasteiger partial charge on any atom is -0.465 e. The average molecular weight is 278 g/mol. The highest BCUT2D eigenvalue weighted by molar-refractivity contribution is 5.97. The van der Waals surface area contributed by atoms with E-state index < -0.39 is 12.0 Å². The number of rotatable bonds is 3. The van der Waals surface area contributed by atoms with Crippen molar-refractivity contribution in [2.24, 2.45) is 11.1 Å². The number of hydrogen-bond donors (Lipinski definition) is 2. The second-order valence-electron chi connectivity index (χ2n) is 5.85. The maximum atomic E-state index is 12.1. The molecular formula is C15H22N2O3. The molecule has 5 nitrogen and oxygen atoms in total. The molecule has 0 aliphatic rings. The van der Waals surface area contributed by atoms with Crippen LogP contribution in [0.15, 0.2) is 18.2 Å². The molecule has 0 saturated carbocycles. The number of carbonyl (C=O) groups excluding carboxylic acids is 2. The Kier molecular flexibility index (Phi) is 4.89. The smallest absolute Gasteiger partial charge is 0.337 e. The van der Waals surface area contributed by atoms with Crippen LogP contribution in [-0.2, 0) is 9.53 Å². The van der Waals surface area contributed by atoms with Crippen LogP contribution in [0.25, 0.3) is 0 Å². The number of hydrogen-bond acceptors (Lipinski definition) is 4. The number of methoxy groups -OCH3 is 1. The van der Waals surface area contributed by atoms with Gasteiger partial charge in [-0.05, 0) is 36.1 Å². The number of aryl methyl sites for hydroxylation is 1. The van der Waals surface area contributed by atoms with Crippen molar-refractivity contribution in [1.29, 1.82) is 0 Å². The highest BCUT2D eigenvalue weighted by atomic mass is 16.5. The molecule has 110 valence electrons. The molecule has 5 heteroatoms. The van der Waals surface area contributed by atoms with E-state index in [9.17, 15) is 9.59 Å². The lowest BCUT2D eigenvalue weighted by molar-refractivity contribution is -0.119. The van der Waals surface area contributed by atoms with E-state index in [1.165, 1.54) is 7.11 Å². The summed E-state index contributed by atoms with van der Waals surface area (Å²) in [6.45, 7) is 7.53. The van der Waals surface area contributed by atoms with Gasteiger partial charge in [-0.2, -0.15) is 0 Å². The molecule has 1 aromatic rings. The first-order valence-corrected chi connectivity index (χ1v) is 6.42. The molecule has 1 unspecified atom stereocenters. The predicted octanol–water partition coefficient (Wildman–Crippen LogP) is 2.09. The monoisotopic (exact) mass is 278 g/mol. The average Bonchev–Trinajstić information content (AvgIpc) is 2.38. The molecule has 3 N–H and O–H groups in total. The highest BCUT2D eigenvalue weighted by Gasteiger charge is 2.27. The summed E-state index contributed by atoms with van der Waals surface area (Å²) in [5.41, 5.74) is 7.46. The fourth-order valence-corrected chi connectivity index (χ4v) is 1.65. The number of nitrogens with one attached hydrogen (secondary N) is 1. The van der Waals surface area contributed by atoms with Gasteiger partial charge in [0.25, 0.3) is 0 Å². The van der Waals surface area contributed by atoms with Crippen molar-refractivity contribution in [3.8, 4) is 0 Å². The molecule has 0 saturated heterocycles. The van der Waals surface area contributed by atoms with Crippen LogP contribution < -0.4 is 11.1 Å². The Balaban J connectivity index is 2.89. The fourth-order valence-electron chi connectivity index (χ4n) is 1.65. The number of anilines is 1. The van der Waals surface area contributed by atoms with Gasteiger partial charge in [-0.3, -0.25) is 4.79 Å². The van der Waals surface area contributed by atoms with Crippen molar-refractivity contribution in [2.75, 3.05) is 12.4 Å². The molecule has 1 aromatic carbocycles. The highest BCUT2D eigenvalue weighted by Crippen LogP contribution is 2.21. The third kappa shape index (κ3) is 3.81. The first-order chi connectivity index (χ1) is 9.16. The lowest BCUT2D eigenvalue weighted by Gasteiger charge is -2.26. The van der Waals surface area contributed by atoms with Crippen LogP contribution in [-0.4, -0.2) is 25.0 Å². The van der Waals surface area contributed by atoms with Gasteiger partial charge in [0.2, 0.25) is 5.91 Å². The maximum absolute atomic E-state index is 12.1. The zero-order valence-corrected chi connectivity index (χ0v) is 12.6. The van der Waals surface area contributed by atoms with Gasteiger partial charge in [-0.25, -0.2) is 4.79 Å². The van der Waals surface area contributed by atoms with Gasteiger partial charge in [-0.1, -0.05) is 20.8 Å². The summed E-state index contributed by atoms with van der Waals surface area (Å²) >= 11 is 0. The van der Waals surface area contributed by atoms with Crippen molar-refractivity contribution >= 4 is 17.6 Å². The van der Waals surface area contributed by atoms with Crippen LogP contribution in [0.4, 0.5) is 5.69 Å². The van der Waals surface area contributed by atoms with Crippen LogP contribution >= 0.6 is 0 Å². The largest absolute Gasteiger partial charge is 0.465 e. The maximum Gasteiger partial charge on any atom is 0.337 e. The van der Waals surface area contributed by atoms with Crippen molar-refractivity contribution < 1.29 is 14.3 Å². The molecule has 0 bridgehead atoms. The number of amides is 1. The number of ether oxygens (including phenoxy) is 1. The molecule has 1 rings (SSSR count). The van der Waals surface area contributed by atoms with E-state index in [4.69, 9.17) is 5.73 Å². The van der Waals surface area contributed by atoms with Crippen molar-refractivity contribution in [3.63, 3.8) is 0 Å². The fraction of sp³-hybridized carbons (Fsp3) is 0.467. The summed E-state index contributed by atoms with van der Waals surface area (Å²) in [6, 6.07) is 4.35. The van der Waals surface area contributed by atoms with Gasteiger partial charge in [0.1, 0.15) is 0 Å². The number of esters is 1. The summed E-state index contributed by atoms with van der Waals surface area (Å²) in [4.78, 5) is 23.5. The Morgan fingerprint density at radius 1 is 1.30 bits per heavy atom. The van der Waals surface area contributed by atoms with Gasteiger partial charge in [0.15, 0.2) is 0 Å². The van der Waals surface area contributed by atoms with Crippen LogP contribution in [0.1, 0.15) is 36.7 Å². The standard InChI is InChI=1S/C15H22N2O3/c1-9-8-10(14(19)20-5)6-7-11(9)17-13(18)12(16)15(2,3)4/h6-8,12H,16H2,1-5H3,(H,17,18). The summed E-state index contributed by atoms with van der Waals surface area (Å²) in [7, 11) is 1.33. The van der Waals surface area contributed by atoms with E-state index in [2.05, 4.69) is 10.1 Å². The molecule has 0 aliphatic heterocycles. The number of benzene rings is 1. The van der Waals surface area contributed by atoms with E-state index in [-0.39, 0.29) is 11.3 Å². The van der Waals surface area contributed by atoms with E-state index in [0.29, 0.717) is 11.3 Å². The van der Waals surface area contributed by atoms with Crippen LogP contribution in [0, 0.1) is 12.3 Å². The predicted molar refractivity (Wildman–Crippen MR) is 78.6 cm³/mol. The Hall–Kier alpha value is -1.88. The van der Waals surface area contributed by atoms with Crippen LogP contribution in [0.3, 0.4) is 0 Å². The molecule has 0 spiro atoms. The molecule has 0 heterocycles. The minimum atomic E-state index is -0.609. The van der Waals surface area contributed by atoms with Crippen molar-refractivity contribution in [2.45, 2.75) is 33.7 Å². The Bertz CT molecular complexity index is 518. The second kappa shape index (κ2) is 6.05. The number of nitrogens with two attached hydrogens (primary N) is 1. The summed E-state index contributed by atoms with van der Waals surface area (Å²) in [5, 5.41) is 2.78. The molecule has 1 atom stereocenters. The van der Waals surface area contributed by atoms with Gasteiger partial charge in [0.05, 0.1) is 18.7 Å². The first-order valence-electron chi connectivity index (χ1n) is 6.42. The van der Waals surface area contributed by atoms with Crippen molar-refractivity contribution in [3.05, 3.63) is 29.3 Å². The number of carbonyl (C=O) groups is 2. The van der Waals surface area contributed by atoms with E-state index in [1.807, 2.05) is 27.7 Å². The quantitative estimate of drug-likeness (QED) is 0.830. The molecule has 0 fully saturated rings. The van der Waals surface area contributed by atoms with Gasteiger partial charge in [0, 0.05) is 5.69 Å². The topological polar surface area (TPSA) is 81.4 Å². The normalized spacial score (nSPS) is 12.7. The minimum absolute atomic E-state index is 0.244. The van der Waals surface area contributed by atoms with Crippen LogP contribution in [0.5, 0.6) is 0 Å². The Morgan fingerprint density at radius 2 is 1.90 bits per heavy atom. The molecule has 0 radical (unpaired) electrons. The molecule has 0 aromatic heterocycles. The molecule has 20 heavy (non-hydrogen) atoms. The van der Waals surface area contributed by atoms with E-state index in [1.54, 1.807) is 18.2 Å². The van der Waals surface area contributed by atoms with Gasteiger partial charge < -0.3 is 15.8 Å². The van der Waals surface area contributed by atoms with E-state index >= 15 is 0 Å². The lowest BCUT2D eigenvalue weighted by atomic mass is 9.87. The zero-order chi connectivity index (χ0) is 15.5. The Labute approximate surface area is 119 Å². The van der Waals surface area contributed by atoms with E-state index in [0.717, 1.165) is 5.56 Å². The molecule has 1 amide bonds. The first kappa shape index (κ1) is 16.2. The van der Waals surface area contributed by atoms with Crippen molar-refractivity contribution in [1.82, 2.24) is 0 Å².